The summed E-state index contributed by atoms with van der Waals surface area (Å²) in [5.41, 5.74) is 5.94. The Morgan fingerprint density at radius 1 is 1.06 bits per heavy atom. The van der Waals surface area contributed by atoms with Gasteiger partial charge in [0.1, 0.15) is 24.7 Å². The summed E-state index contributed by atoms with van der Waals surface area (Å²) in [5.74, 6) is -0.836. The fourth-order valence-corrected chi connectivity index (χ4v) is 13.0. The summed E-state index contributed by atoms with van der Waals surface area (Å²) in [6, 6.07) is 6.47. The summed E-state index contributed by atoms with van der Waals surface area (Å²) in [5, 5.41) is 7.76. The second-order valence-electron chi connectivity index (χ2n) is 21.9. The molecule has 4 aromatic rings. The molecule has 382 valence electrons. The number of halogens is 3. The number of cyclic esters (lactones) is 1. The van der Waals surface area contributed by atoms with Crippen molar-refractivity contribution in [2.75, 3.05) is 60.0 Å². The zero-order chi connectivity index (χ0) is 50.0. The Bertz CT molecular complexity index is 2680. The third-order valence-electron chi connectivity index (χ3n) is 15.9. The highest BCUT2D eigenvalue weighted by Gasteiger charge is 2.53. The van der Waals surface area contributed by atoms with Crippen molar-refractivity contribution in [3.63, 3.8) is 0 Å². The van der Waals surface area contributed by atoms with Crippen molar-refractivity contribution in [1.29, 1.82) is 0 Å². The standard InChI is InChI=1S/C52H66F3N9O6S/c1-31(69-5)43-34(13-8-18-56-43)45-36-23-50(2,3)30-70-49(68)37-14-9-20-64(59-37)47(66)38(22-42-57-39(25-71-42)33-15-16-40(35(36)21-33)63(45)29-52(53,54)55)58-46(65)44(32-11-6-7-12-32)61-19-10-17-51(26-61)27-62(28-51)48(67)41-24-60(41)4/h8,13,15-16,18,21,25,31-32,37-38,41,44,59H,6-7,9-12,14,17,19-20,22-24,26-30H2,1-5H3,(H,58,65)/t31-,37-,38-,41+,44-,60?/m0/s1. The lowest BCUT2D eigenvalue weighted by molar-refractivity contribution is -0.155. The predicted molar refractivity (Wildman–Crippen MR) is 262 cm³/mol. The number of nitrogens with one attached hydrogen (secondary N) is 2. The number of piperidine rings is 1. The van der Waals surface area contributed by atoms with Crippen molar-refractivity contribution < 1.29 is 41.8 Å². The second kappa shape index (κ2) is 19.5. The number of fused-ring (bicyclic) bond motifs is 6. The van der Waals surface area contributed by atoms with Crippen LogP contribution in [0.4, 0.5) is 13.2 Å². The van der Waals surface area contributed by atoms with Crippen LogP contribution < -0.4 is 10.7 Å². The van der Waals surface area contributed by atoms with Crippen LogP contribution in [0.2, 0.25) is 0 Å². The first kappa shape index (κ1) is 49.6. The van der Waals surface area contributed by atoms with E-state index in [1.807, 2.05) is 49.1 Å². The summed E-state index contributed by atoms with van der Waals surface area (Å²) in [6.45, 7) is 8.28. The first-order valence-corrected chi connectivity index (χ1v) is 26.2. The van der Waals surface area contributed by atoms with Gasteiger partial charge in [-0.15, -0.1) is 11.3 Å². The number of likely N-dealkylation sites (tertiary alicyclic amines) is 2. The molecule has 1 unspecified atom stereocenters. The maximum absolute atomic E-state index is 15.1. The zero-order valence-electron chi connectivity index (χ0n) is 41.4. The third kappa shape index (κ3) is 10.2. The van der Waals surface area contributed by atoms with Crippen LogP contribution in [0, 0.1) is 16.7 Å². The van der Waals surface area contributed by atoms with Crippen molar-refractivity contribution in [3.8, 4) is 22.5 Å². The molecule has 6 bridgehead atoms. The zero-order valence-corrected chi connectivity index (χ0v) is 42.2. The molecule has 5 aliphatic heterocycles. The molecule has 1 saturated carbocycles. The molecule has 8 heterocycles. The number of methoxy groups -OCH3 is 1. The number of benzene rings is 1. The molecule has 6 atom stereocenters. The van der Waals surface area contributed by atoms with Crippen LogP contribution >= 0.6 is 11.3 Å². The highest BCUT2D eigenvalue weighted by molar-refractivity contribution is 7.10. The summed E-state index contributed by atoms with van der Waals surface area (Å²) in [6.07, 6.45) is 3.51. The topological polar surface area (TPSA) is 154 Å². The van der Waals surface area contributed by atoms with E-state index in [9.17, 15) is 27.6 Å². The highest BCUT2D eigenvalue weighted by Crippen LogP contribution is 2.45. The quantitative estimate of drug-likeness (QED) is 0.139. The monoisotopic (exact) mass is 1000 g/mol. The Labute approximate surface area is 416 Å². The van der Waals surface area contributed by atoms with E-state index in [1.54, 1.807) is 30.5 Å². The Morgan fingerprint density at radius 2 is 1.83 bits per heavy atom. The van der Waals surface area contributed by atoms with E-state index in [-0.39, 0.29) is 54.5 Å². The molecule has 3 amide bonds. The fraction of sp³-hybridized carbons (Fsp3) is 0.615. The average molecular weight is 1000 g/mol. The number of rotatable bonds is 9. The van der Waals surface area contributed by atoms with Crippen molar-refractivity contribution >= 4 is 45.9 Å². The van der Waals surface area contributed by atoms with Gasteiger partial charge >= 0.3 is 12.1 Å². The molecule has 0 radical (unpaired) electrons. The van der Waals surface area contributed by atoms with Gasteiger partial charge in [-0.2, -0.15) is 13.2 Å². The summed E-state index contributed by atoms with van der Waals surface area (Å²) < 4.78 is 57.2. The molecule has 1 aromatic carbocycles. The minimum Gasteiger partial charge on any atom is -0.464 e. The molecular formula is C52H66F3N9O6S. The molecule has 19 heteroatoms. The van der Waals surface area contributed by atoms with Crippen molar-refractivity contribution in [2.24, 2.45) is 16.7 Å². The molecule has 1 aliphatic carbocycles. The number of aromatic nitrogens is 3. The molecule has 4 saturated heterocycles. The number of carbonyl (C=O) groups excluding carboxylic acids is 4. The van der Waals surface area contributed by atoms with Crippen LogP contribution in [-0.2, 0) is 48.0 Å². The molecule has 10 rings (SSSR count). The number of hydrogen-bond acceptors (Lipinski definition) is 12. The number of likely N-dealkylation sites (N-methyl/N-ethyl adjacent to an activating group) is 1. The van der Waals surface area contributed by atoms with Crippen molar-refractivity contribution in [3.05, 3.63) is 58.2 Å². The number of amides is 3. The van der Waals surface area contributed by atoms with E-state index in [0.717, 1.165) is 51.6 Å². The van der Waals surface area contributed by atoms with E-state index in [1.165, 1.54) is 28.0 Å². The van der Waals surface area contributed by atoms with Gasteiger partial charge in [0.15, 0.2) is 0 Å². The molecule has 1 spiro atoms. The number of hydrogen-bond donors (Lipinski definition) is 2. The SMILES string of the molecule is CO[C@@H](C)c1ncccc1-c1c2c3cc(ccc3n1CC(F)(F)F)-c1csc(n1)C[C@H](NC(=O)[C@H](C1CCCC1)N1CCCC3(CN(C(=O)[C@H]4CN4C)C3)C1)C(=O)N1CCC[C@H](N1)C(=O)OCC(C)(C)C2. The van der Waals surface area contributed by atoms with Crippen molar-refractivity contribution in [2.45, 2.75) is 128 Å². The predicted octanol–water partition coefficient (Wildman–Crippen LogP) is 6.54. The van der Waals surface area contributed by atoms with E-state index < -0.39 is 48.3 Å². The smallest absolute Gasteiger partial charge is 0.406 e. The fourth-order valence-electron chi connectivity index (χ4n) is 12.2. The van der Waals surface area contributed by atoms with Gasteiger partial charge in [0.05, 0.1) is 40.8 Å². The first-order valence-electron chi connectivity index (χ1n) is 25.3. The summed E-state index contributed by atoms with van der Waals surface area (Å²) in [4.78, 5) is 73.1. The number of thiazole rings is 1. The minimum atomic E-state index is -4.57. The average Bonchev–Trinajstić information content (AvgIpc) is 3.65. The first-order chi connectivity index (χ1) is 33.9. The molecular weight excluding hydrogens is 936 g/mol. The normalized spacial score (nSPS) is 25.9. The van der Waals surface area contributed by atoms with Gasteiger partial charge in [0.25, 0.3) is 5.91 Å². The molecule has 71 heavy (non-hydrogen) atoms. The maximum Gasteiger partial charge on any atom is 0.406 e. The largest absolute Gasteiger partial charge is 0.464 e. The van der Waals surface area contributed by atoms with Crippen molar-refractivity contribution in [1.82, 2.24) is 45.0 Å². The number of pyridine rings is 1. The van der Waals surface area contributed by atoms with Gasteiger partial charge in [-0.3, -0.25) is 39.0 Å². The van der Waals surface area contributed by atoms with E-state index in [4.69, 9.17) is 14.5 Å². The number of hydrazine groups is 1. The van der Waals surface area contributed by atoms with Gasteiger partial charge < -0.3 is 24.3 Å². The van der Waals surface area contributed by atoms with Gasteiger partial charge in [-0.1, -0.05) is 32.8 Å². The Balaban J connectivity index is 1.01. The lowest BCUT2D eigenvalue weighted by Gasteiger charge is -2.56. The van der Waals surface area contributed by atoms with E-state index in [2.05, 4.69) is 20.6 Å². The van der Waals surface area contributed by atoms with Crippen LogP contribution in [0.25, 0.3) is 33.4 Å². The van der Waals surface area contributed by atoms with Gasteiger partial charge in [0.2, 0.25) is 11.8 Å². The number of nitrogens with zero attached hydrogens (tertiary/aromatic N) is 7. The molecule has 5 fully saturated rings. The van der Waals surface area contributed by atoms with Gasteiger partial charge in [-0.25, -0.2) is 10.4 Å². The molecule has 6 aliphatic rings. The lowest BCUT2D eigenvalue weighted by atomic mass is 9.72. The highest BCUT2D eigenvalue weighted by atomic mass is 32.1. The Hall–Kier alpha value is -4.95. The van der Waals surface area contributed by atoms with Crippen LogP contribution in [0.1, 0.15) is 94.5 Å². The summed E-state index contributed by atoms with van der Waals surface area (Å²) in [7, 11) is 3.50. The lowest BCUT2D eigenvalue weighted by Crippen LogP contribution is -2.68. The molecule has 2 N–H and O–H groups in total. The van der Waals surface area contributed by atoms with Crippen LogP contribution in [0.3, 0.4) is 0 Å². The van der Waals surface area contributed by atoms with E-state index in [0.29, 0.717) is 88.7 Å². The van der Waals surface area contributed by atoms with Crippen LogP contribution in [0.15, 0.2) is 41.9 Å². The Morgan fingerprint density at radius 3 is 2.56 bits per heavy atom. The van der Waals surface area contributed by atoms with E-state index >= 15 is 4.79 Å². The minimum absolute atomic E-state index is 0.0258. The van der Waals surface area contributed by atoms with Crippen LogP contribution in [-0.4, -0.2) is 148 Å². The molecule has 15 nitrogen and oxygen atoms in total. The number of esters is 1. The second-order valence-corrected chi connectivity index (χ2v) is 22.9. The van der Waals surface area contributed by atoms with Crippen LogP contribution in [0.5, 0.6) is 0 Å². The number of carbonyl (C=O) groups is 4. The maximum atomic E-state index is 15.1. The number of ether oxygens (including phenoxy) is 2. The Kier molecular flexibility index (Phi) is 13.6. The number of alkyl halides is 3. The van der Waals surface area contributed by atoms with Gasteiger partial charge in [0, 0.05) is 90.7 Å². The summed E-state index contributed by atoms with van der Waals surface area (Å²) >= 11 is 1.35. The third-order valence-corrected chi connectivity index (χ3v) is 16.8. The molecule has 3 aromatic heterocycles. The van der Waals surface area contributed by atoms with Gasteiger partial charge in [-0.05, 0) is 101 Å².